The Balaban J connectivity index is 1.30. The Hall–Kier alpha value is -3.41. The van der Waals surface area contributed by atoms with Gasteiger partial charge in [-0.15, -0.1) is 0 Å². The minimum atomic E-state index is -3.97. The number of carbonyl (C=O) groups excluding carboxylic acids is 2. The van der Waals surface area contributed by atoms with Crippen molar-refractivity contribution in [2.75, 3.05) is 34.3 Å². The average Bonchev–Trinajstić information content (AvgIpc) is 3.68. The molecule has 49 heavy (non-hydrogen) atoms. The third-order valence-corrected chi connectivity index (χ3v) is 13.8. The van der Waals surface area contributed by atoms with Crippen LogP contribution in [0.2, 0.25) is 0 Å². The first-order valence-corrected chi connectivity index (χ1v) is 19.5. The third-order valence-electron chi connectivity index (χ3n) is 12.4. The molecule has 5 aliphatic rings. The number of piperazine rings is 1. The molecule has 3 aliphatic heterocycles. The van der Waals surface area contributed by atoms with E-state index in [0.717, 1.165) is 77.4 Å². The highest BCUT2D eigenvalue weighted by Gasteiger charge is 2.65. The summed E-state index contributed by atoms with van der Waals surface area (Å²) in [5.41, 5.74) is 5.32. The standard InChI is InChI=1S/C38H49N5O5S/c1-23(2)41-20-26-12-13-27(21-41)43(26)37(45)38-19-32(38)31-18-28(48-5)14-16-29(31)35-34(24-9-7-6-8-10-24)30-15-11-25(17-33(30)42(35)22-38)36(44)39-49(46,47)40(3)4/h11,14-18,23-24,26-27,32H,6-10,12-13,19-22H2,1-5H3,(H,39,44). The van der Waals surface area contributed by atoms with Gasteiger partial charge in [0.1, 0.15) is 5.75 Å². The van der Waals surface area contributed by atoms with Crippen molar-refractivity contribution < 1.29 is 22.7 Å². The highest BCUT2D eigenvalue weighted by Crippen LogP contribution is 2.66. The first kappa shape index (κ1) is 32.8. The number of hydrogen-bond donors (Lipinski definition) is 1. The summed E-state index contributed by atoms with van der Waals surface area (Å²) in [7, 11) is 0.519. The third kappa shape index (κ3) is 5.21. The summed E-state index contributed by atoms with van der Waals surface area (Å²) in [5.74, 6) is 0.819. The highest BCUT2D eigenvalue weighted by atomic mass is 32.2. The fourth-order valence-electron chi connectivity index (χ4n) is 9.64. The number of nitrogens with one attached hydrogen (secondary N) is 1. The van der Waals surface area contributed by atoms with E-state index in [9.17, 15) is 13.2 Å². The van der Waals surface area contributed by atoms with Crippen molar-refractivity contribution in [2.45, 2.75) is 102 Å². The van der Waals surface area contributed by atoms with Crippen LogP contribution in [0.25, 0.3) is 22.2 Å². The second-order valence-electron chi connectivity index (χ2n) is 15.6. The SMILES string of the molecule is COc1ccc2c(c1)C1CC1(C(=O)N1C3CCC1CN(C(C)C)C3)Cn1c-2c(C2CCCCC2)c2ccc(C(=O)NS(=O)(=O)N(C)C)cc21. The average molecular weight is 688 g/mol. The van der Waals surface area contributed by atoms with E-state index in [1.54, 1.807) is 13.2 Å². The van der Waals surface area contributed by atoms with Gasteiger partial charge in [-0.1, -0.05) is 25.3 Å². The van der Waals surface area contributed by atoms with E-state index < -0.39 is 21.5 Å². The zero-order valence-corrected chi connectivity index (χ0v) is 30.2. The molecule has 4 atom stereocenters. The summed E-state index contributed by atoms with van der Waals surface area (Å²) in [6.45, 7) is 6.85. The molecule has 10 nitrogen and oxygen atoms in total. The number of methoxy groups -OCH3 is 1. The second kappa shape index (κ2) is 11.8. The monoisotopic (exact) mass is 687 g/mol. The fraction of sp³-hybridized carbons (Fsp3) is 0.579. The number of aromatic nitrogens is 1. The molecule has 2 bridgehead atoms. The van der Waals surface area contributed by atoms with Crippen molar-refractivity contribution >= 4 is 32.9 Å². The molecule has 2 aromatic carbocycles. The van der Waals surface area contributed by atoms with Gasteiger partial charge >= 0.3 is 10.2 Å². The zero-order valence-electron chi connectivity index (χ0n) is 29.4. The van der Waals surface area contributed by atoms with Crippen molar-refractivity contribution in [3.8, 4) is 17.0 Å². The Labute approximate surface area is 289 Å². The molecule has 2 aliphatic carbocycles. The lowest BCUT2D eigenvalue weighted by molar-refractivity contribution is -0.144. The number of fused-ring (bicyclic) bond motifs is 9. The van der Waals surface area contributed by atoms with Crippen LogP contribution in [-0.2, 0) is 21.5 Å². The predicted octanol–water partition coefficient (Wildman–Crippen LogP) is 5.47. The Morgan fingerprint density at radius 1 is 0.980 bits per heavy atom. The molecule has 2 amide bonds. The van der Waals surface area contributed by atoms with Gasteiger partial charge in [0, 0.05) is 79.8 Å². The van der Waals surface area contributed by atoms with Crippen LogP contribution in [0.5, 0.6) is 5.75 Å². The van der Waals surface area contributed by atoms with Crippen molar-refractivity contribution in [1.82, 2.24) is 23.4 Å². The molecule has 1 aromatic heterocycles. The molecule has 262 valence electrons. The summed E-state index contributed by atoms with van der Waals surface area (Å²) in [6.07, 6.45) is 8.63. The second-order valence-corrected chi connectivity index (χ2v) is 17.5. The van der Waals surface area contributed by atoms with E-state index >= 15 is 4.79 Å². The van der Waals surface area contributed by atoms with Gasteiger partial charge in [-0.25, -0.2) is 4.72 Å². The molecule has 1 N–H and O–H groups in total. The number of benzene rings is 2. The topological polar surface area (TPSA) is 104 Å². The van der Waals surface area contributed by atoms with Crippen LogP contribution in [0.15, 0.2) is 36.4 Å². The number of hydrogen-bond acceptors (Lipinski definition) is 6. The Morgan fingerprint density at radius 3 is 2.35 bits per heavy atom. The largest absolute Gasteiger partial charge is 0.497 e. The summed E-state index contributed by atoms with van der Waals surface area (Å²) in [6, 6.07) is 12.9. The number of ether oxygens (including phenoxy) is 1. The van der Waals surface area contributed by atoms with Crippen molar-refractivity contribution in [3.63, 3.8) is 0 Å². The lowest BCUT2D eigenvalue weighted by Crippen LogP contribution is -2.59. The molecule has 11 heteroatoms. The minimum absolute atomic E-state index is 0.0681. The molecule has 2 saturated heterocycles. The molecule has 2 saturated carbocycles. The van der Waals surface area contributed by atoms with Crippen LogP contribution in [0.3, 0.4) is 0 Å². The minimum Gasteiger partial charge on any atom is -0.497 e. The molecule has 4 unspecified atom stereocenters. The van der Waals surface area contributed by atoms with E-state index in [-0.39, 0.29) is 29.5 Å². The summed E-state index contributed by atoms with van der Waals surface area (Å²) < 4.78 is 36.5. The summed E-state index contributed by atoms with van der Waals surface area (Å²) >= 11 is 0. The number of amides is 2. The molecule has 0 radical (unpaired) electrons. The van der Waals surface area contributed by atoms with Gasteiger partial charge < -0.3 is 14.2 Å². The number of likely N-dealkylation sites (tertiary alicyclic amines) is 1. The van der Waals surface area contributed by atoms with Gasteiger partial charge in [0.2, 0.25) is 5.91 Å². The van der Waals surface area contributed by atoms with E-state index in [4.69, 9.17) is 4.74 Å². The Bertz CT molecular complexity index is 1930. The van der Waals surface area contributed by atoms with Gasteiger partial charge in [-0.2, -0.15) is 12.7 Å². The number of nitrogens with zero attached hydrogens (tertiary/aromatic N) is 4. The maximum atomic E-state index is 15.1. The van der Waals surface area contributed by atoms with Crippen LogP contribution in [0, 0.1) is 5.41 Å². The van der Waals surface area contributed by atoms with Gasteiger partial charge in [0.15, 0.2) is 0 Å². The summed E-state index contributed by atoms with van der Waals surface area (Å²) in [5, 5.41) is 1.09. The van der Waals surface area contributed by atoms with Crippen LogP contribution in [0.1, 0.15) is 98.5 Å². The van der Waals surface area contributed by atoms with Gasteiger partial charge in [-0.05, 0) is 93.3 Å². The summed E-state index contributed by atoms with van der Waals surface area (Å²) in [4.78, 5) is 33.4. The maximum absolute atomic E-state index is 15.1. The predicted molar refractivity (Wildman–Crippen MR) is 190 cm³/mol. The van der Waals surface area contributed by atoms with E-state index in [2.05, 4.69) is 45.1 Å². The molecule has 4 fully saturated rings. The van der Waals surface area contributed by atoms with E-state index in [1.807, 2.05) is 18.2 Å². The van der Waals surface area contributed by atoms with Crippen LogP contribution in [0.4, 0.5) is 0 Å². The first-order chi connectivity index (χ1) is 23.4. The van der Waals surface area contributed by atoms with Crippen LogP contribution < -0.4 is 9.46 Å². The quantitative estimate of drug-likeness (QED) is 0.354. The number of rotatable bonds is 7. The molecule has 3 aromatic rings. The highest BCUT2D eigenvalue weighted by molar-refractivity contribution is 7.87. The molecular formula is C38H49N5O5S. The first-order valence-electron chi connectivity index (χ1n) is 18.1. The normalized spacial score (nSPS) is 26.8. The van der Waals surface area contributed by atoms with E-state index in [0.29, 0.717) is 18.5 Å². The zero-order chi connectivity index (χ0) is 34.4. The number of carbonyl (C=O) groups is 2. The lowest BCUT2D eigenvalue weighted by atomic mass is 9.81. The Kier molecular flexibility index (Phi) is 7.92. The fourth-order valence-corrected chi connectivity index (χ4v) is 10.2. The van der Waals surface area contributed by atoms with Crippen LogP contribution >= 0.6 is 0 Å². The van der Waals surface area contributed by atoms with Crippen LogP contribution in [-0.4, -0.2) is 91.3 Å². The molecular weight excluding hydrogens is 639 g/mol. The van der Waals surface area contributed by atoms with Crippen molar-refractivity contribution in [3.05, 3.63) is 53.1 Å². The Morgan fingerprint density at radius 2 is 1.69 bits per heavy atom. The van der Waals surface area contributed by atoms with Crippen molar-refractivity contribution in [1.29, 1.82) is 0 Å². The maximum Gasteiger partial charge on any atom is 0.303 e. The van der Waals surface area contributed by atoms with Gasteiger partial charge in [-0.3, -0.25) is 14.5 Å². The molecule has 8 rings (SSSR count). The van der Waals surface area contributed by atoms with Crippen molar-refractivity contribution in [2.24, 2.45) is 5.41 Å². The van der Waals surface area contributed by atoms with E-state index in [1.165, 1.54) is 44.5 Å². The molecule has 4 heterocycles. The van der Waals surface area contributed by atoms with Gasteiger partial charge in [0.25, 0.3) is 5.91 Å². The molecule has 0 spiro atoms. The smallest absolute Gasteiger partial charge is 0.303 e. The lowest BCUT2D eigenvalue weighted by Gasteiger charge is -2.44. The van der Waals surface area contributed by atoms with Gasteiger partial charge in [0.05, 0.1) is 18.2 Å².